The number of carbonyl (C=O) groups excluding carboxylic acids is 1. The summed E-state index contributed by atoms with van der Waals surface area (Å²) < 4.78 is 69.7. The highest BCUT2D eigenvalue weighted by atomic mass is 19.4. The second-order valence-electron chi connectivity index (χ2n) is 8.17. The number of hydrogen-bond donors (Lipinski definition) is 2. The van der Waals surface area contributed by atoms with E-state index in [1.54, 1.807) is 4.98 Å². The first-order chi connectivity index (χ1) is 15.0. The van der Waals surface area contributed by atoms with Crippen LogP contribution in [0.2, 0.25) is 0 Å². The summed E-state index contributed by atoms with van der Waals surface area (Å²) in [5.74, 6) is -3.50. The van der Waals surface area contributed by atoms with Crippen molar-refractivity contribution in [1.29, 1.82) is 0 Å². The number of aromatic nitrogens is 3. The molecule has 1 atom stereocenters. The Morgan fingerprint density at radius 2 is 1.91 bits per heavy atom. The maximum atomic E-state index is 13.4. The van der Waals surface area contributed by atoms with Gasteiger partial charge in [-0.1, -0.05) is 24.4 Å². The van der Waals surface area contributed by atoms with Gasteiger partial charge in [0.05, 0.1) is 12.0 Å². The summed E-state index contributed by atoms with van der Waals surface area (Å²) in [6.07, 6.45) is -0.183. The molecule has 1 aliphatic heterocycles. The Hall–Kier alpha value is -2.99. The van der Waals surface area contributed by atoms with Crippen molar-refractivity contribution in [2.75, 3.05) is 25.0 Å². The summed E-state index contributed by atoms with van der Waals surface area (Å²) in [6.45, 7) is -0.0880. The van der Waals surface area contributed by atoms with Crippen LogP contribution < -0.4 is 10.9 Å². The molecule has 3 aliphatic rings. The molecule has 0 radical (unpaired) electrons. The van der Waals surface area contributed by atoms with Gasteiger partial charge >= 0.3 is 12.2 Å². The lowest BCUT2D eigenvalue weighted by Crippen LogP contribution is -2.34. The Morgan fingerprint density at radius 3 is 2.44 bits per heavy atom. The Bertz CT molecular complexity index is 1060. The van der Waals surface area contributed by atoms with Gasteiger partial charge in [-0.2, -0.15) is 13.2 Å². The molecule has 32 heavy (non-hydrogen) atoms. The number of aromatic amines is 1. The molecule has 174 valence electrons. The van der Waals surface area contributed by atoms with E-state index in [0.717, 1.165) is 6.07 Å². The fraction of sp³-hybridized carbons (Fsp3) is 0.579. The second kappa shape index (κ2) is 7.85. The van der Waals surface area contributed by atoms with Crippen molar-refractivity contribution in [2.45, 2.75) is 44.2 Å². The summed E-state index contributed by atoms with van der Waals surface area (Å²) >= 11 is 0. The van der Waals surface area contributed by atoms with Crippen molar-refractivity contribution in [3.8, 4) is 11.5 Å². The average molecular weight is 461 g/mol. The Labute approximate surface area is 178 Å². The summed E-state index contributed by atoms with van der Waals surface area (Å²) in [5, 5.41) is 9.66. The fourth-order valence-corrected chi connectivity index (χ4v) is 3.38. The van der Waals surface area contributed by atoms with Crippen molar-refractivity contribution in [3.05, 3.63) is 28.2 Å². The number of H-pyrrole nitrogens is 1. The van der Waals surface area contributed by atoms with Crippen molar-refractivity contribution in [3.63, 3.8) is 0 Å². The average Bonchev–Trinajstić information content (AvgIpc) is 3.56. The monoisotopic (exact) mass is 461 g/mol. The lowest BCUT2D eigenvalue weighted by Gasteiger charge is -2.16. The molecule has 0 aromatic carbocycles. The lowest BCUT2D eigenvalue weighted by atomic mass is 10.1. The molecule has 5 rings (SSSR count). The maximum Gasteiger partial charge on any atom is 0.431 e. The third kappa shape index (κ3) is 4.60. The number of carbonyl (C=O) groups is 1. The minimum atomic E-state index is -4.71. The molecule has 1 amide bonds. The standard InChI is InChI=1S/C16H14F5N5O3.C3H6/c17-15(18)6-14(15)3-4-26(7-14)10(27)5-22-13-25-24-12(29-13)8-1-2-9(16(19,20)21)23-11(8)28;1-2-3-1/h1-2H,3-7H2,(H,22,25)(H,23,28);1-3H2. The number of likely N-dealkylation sites (tertiary alicyclic amines) is 1. The van der Waals surface area contributed by atoms with Gasteiger partial charge in [-0.15, -0.1) is 5.10 Å². The van der Waals surface area contributed by atoms with Gasteiger partial charge in [0.15, 0.2) is 0 Å². The van der Waals surface area contributed by atoms with Gasteiger partial charge in [-0.25, -0.2) is 8.78 Å². The van der Waals surface area contributed by atoms with Crippen LogP contribution in [0.3, 0.4) is 0 Å². The molecule has 1 spiro atoms. The quantitative estimate of drug-likeness (QED) is 0.678. The van der Waals surface area contributed by atoms with E-state index in [0.29, 0.717) is 6.07 Å². The molecule has 8 nitrogen and oxygen atoms in total. The minimum absolute atomic E-state index is 0.0173. The summed E-state index contributed by atoms with van der Waals surface area (Å²) in [4.78, 5) is 27.0. The Morgan fingerprint density at radius 1 is 1.22 bits per heavy atom. The van der Waals surface area contributed by atoms with Gasteiger partial charge in [0, 0.05) is 19.5 Å². The van der Waals surface area contributed by atoms with E-state index in [4.69, 9.17) is 4.42 Å². The molecule has 1 saturated heterocycles. The minimum Gasteiger partial charge on any atom is -0.403 e. The number of amides is 1. The number of pyridine rings is 1. The van der Waals surface area contributed by atoms with Crippen LogP contribution in [0.25, 0.3) is 11.5 Å². The Balaban J connectivity index is 0.000000754. The van der Waals surface area contributed by atoms with E-state index >= 15 is 0 Å². The molecule has 3 heterocycles. The number of rotatable bonds is 4. The predicted molar refractivity (Wildman–Crippen MR) is 101 cm³/mol. The van der Waals surface area contributed by atoms with E-state index in [9.17, 15) is 31.5 Å². The van der Waals surface area contributed by atoms with Crippen LogP contribution in [0.5, 0.6) is 0 Å². The van der Waals surface area contributed by atoms with E-state index in [1.807, 2.05) is 0 Å². The fourth-order valence-electron chi connectivity index (χ4n) is 3.38. The second-order valence-corrected chi connectivity index (χ2v) is 8.17. The third-order valence-corrected chi connectivity index (χ3v) is 5.53. The number of alkyl halides is 5. The zero-order valence-electron chi connectivity index (χ0n) is 16.8. The first-order valence-electron chi connectivity index (χ1n) is 10.0. The molecule has 2 aliphatic carbocycles. The highest BCUT2D eigenvalue weighted by Gasteiger charge is 2.72. The first-order valence-corrected chi connectivity index (χ1v) is 10.0. The van der Waals surface area contributed by atoms with Crippen LogP contribution in [0.15, 0.2) is 21.3 Å². The van der Waals surface area contributed by atoms with Gasteiger partial charge in [0.25, 0.3) is 17.4 Å². The number of nitrogens with one attached hydrogen (secondary N) is 2. The molecule has 3 fully saturated rings. The molecule has 2 saturated carbocycles. The molecule has 2 N–H and O–H groups in total. The highest BCUT2D eigenvalue weighted by Crippen LogP contribution is 2.65. The normalized spacial score (nSPS) is 23.0. The van der Waals surface area contributed by atoms with E-state index in [2.05, 4.69) is 15.5 Å². The van der Waals surface area contributed by atoms with Crippen LogP contribution in [0, 0.1) is 5.41 Å². The van der Waals surface area contributed by atoms with Crippen LogP contribution in [0.4, 0.5) is 28.0 Å². The van der Waals surface area contributed by atoms with Crippen LogP contribution >= 0.6 is 0 Å². The number of halogens is 5. The van der Waals surface area contributed by atoms with Gasteiger partial charge in [-0.05, 0) is 18.6 Å². The number of anilines is 1. The molecular formula is C19H20F5N5O3. The predicted octanol–water partition coefficient (Wildman–Crippen LogP) is 3.28. The van der Waals surface area contributed by atoms with Crippen LogP contribution in [-0.4, -0.2) is 51.5 Å². The van der Waals surface area contributed by atoms with Gasteiger partial charge in [0.2, 0.25) is 5.91 Å². The molecule has 1 unspecified atom stereocenters. The summed E-state index contributed by atoms with van der Waals surface area (Å²) in [7, 11) is 0. The number of nitrogens with zero attached hydrogens (tertiary/aromatic N) is 3. The van der Waals surface area contributed by atoms with Gasteiger partial charge in [-0.3, -0.25) is 9.59 Å². The third-order valence-electron chi connectivity index (χ3n) is 5.53. The largest absolute Gasteiger partial charge is 0.431 e. The van der Waals surface area contributed by atoms with Crippen LogP contribution in [-0.2, 0) is 11.0 Å². The van der Waals surface area contributed by atoms with Crippen molar-refractivity contribution >= 4 is 11.9 Å². The summed E-state index contributed by atoms with van der Waals surface area (Å²) in [6, 6.07) is 1.32. The molecule has 2 aromatic heterocycles. The SMILES string of the molecule is C1CC1.O=C(CNc1nnc(-c2ccc(C(F)(F)F)[nH]c2=O)o1)N1CCC2(C1)CC2(F)F. The van der Waals surface area contributed by atoms with E-state index < -0.39 is 34.7 Å². The highest BCUT2D eigenvalue weighted by molar-refractivity contribution is 5.80. The maximum absolute atomic E-state index is 13.4. The zero-order chi connectivity index (χ0) is 23.1. The topological polar surface area (TPSA) is 104 Å². The van der Waals surface area contributed by atoms with Crippen molar-refractivity contribution < 1.29 is 31.2 Å². The van der Waals surface area contributed by atoms with Crippen LogP contribution in [0.1, 0.15) is 37.8 Å². The van der Waals surface area contributed by atoms with E-state index in [1.165, 1.54) is 24.2 Å². The van der Waals surface area contributed by atoms with Crippen molar-refractivity contribution in [1.82, 2.24) is 20.1 Å². The van der Waals surface area contributed by atoms with E-state index in [-0.39, 0.29) is 49.9 Å². The zero-order valence-corrected chi connectivity index (χ0v) is 16.8. The van der Waals surface area contributed by atoms with Gasteiger partial charge in [0.1, 0.15) is 11.3 Å². The van der Waals surface area contributed by atoms with Gasteiger partial charge < -0.3 is 19.6 Å². The molecule has 0 bridgehead atoms. The molecular weight excluding hydrogens is 441 g/mol. The smallest absolute Gasteiger partial charge is 0.403 e. The first kappa shape index (κ1) is 22.2. The molecule has 2 aromatic rings. The Kier molecular flexibility index (Phi) is 5.45. The summed E-state index contributed by atoms with van der Waals surface area (Å²) in [5.41, 5.74) is -3.68. The molecule has 13 heteroatoms. The lowest BCUT2D eigenvalue weighted by molar-refractivity contribution is -0.141. The number of hydrogen-bond acceptors (Lipinski definition) is 6. The van der Waals surface area contributed by atoms with Crippen molar-refractivity contribution in [2.24, 2.45) is 5.41 Å².